The zero-order chi connectivity index (χ0) is 28.5. The quantitative estimate of drug-likeness (QED) is 0.352. The van der Waals surface area contributed by atoms with Crippen molar-refractivity contribution in [3.8, 4) is 22.8 Å². The van der Waals surface area contributed by atoms with Gasteiger partial charge in [0.1, 0.15) is 16.9 Å². The maximum absolute atomic E-state index is 13.9. The summed E-state index contributed by atoms with van der Waals surface area (Å²) in [7, 11) is 6.79. The van der Waals surface area contributed by atoms with Gasteiger partial charge < -0.3 is 28.4 Å². The highest BCUT2D eigenvalue weighted by molar-refractivity contribution is 6.32. The number of benzene rings is 2. The molecule has 0 spiro atoms. The number of nitrogens with zero attached hydrogens (tertiary/aromatic N) is 2. The lowest BCUT2D eigenvalue weighted by atomic mass is 9.87. The van der Waals surface area contributed by atoms with Crippen molar-refractivity contribution in [2.24, 2.45) is 0 Å². The lowest BCUT2D eigenvalue weighted by Gasteiger charge is -2.30. The zero-order valence-electron chi connectivity index (χ0n) is 23.7. The number of hydrogen-bond donors (Lipinski definition) is 0. The van der Waals surface area contributed by atoms with Gasteiger partial charge in [0.05, 0.1) is 24.6 Å². The van der Waals surface area contributed by atoms with E-state index in [-0.39, 0.29) is 23.6 Å². The van der Waals surface area contributed by atoms with Crippen molar-refractivity contribution >= 4 is 28.7 Å². The fraction of sp³-hybridized carbons (Fsp3) is 0.467. The van der Waals surface area contributed by atoms with Crippen LogP contribution in [0.25, 0.3) is 22.3 Å². The minimum Gasteiger partial charge on any atom is -0.495 e. The van der Waals surface area contributed by atoms with Crippen molar-refractivity contribution in [3.05, 3.63) is 56.7 Å². The molecule has 2 heterocycles. The molecule has 0 saturated carbocycles. The first-order chi connectivity index (χ1) is 18.4. The number of methoxy groups -OCH3 is 2. The Morgan fingerprint density at radius 2 is 1.82 bits per heavy atom. The molecule has 1 amide bonds. The van der Waals surface area contributed by atoms with Crippen LogP contribution in [0.5, 0.6) is 11.5 Å². The average molecular weight is 557 g/mol. The Labute approximate surface area is 234 Å². The highest BCUT2D eigenvalue weighted by Gasteiger charge is 2.27. The predicted octanol–water partition coefficient (Wildman–Crippen LogP) is 6.31. The number of fused-ring (bicyclic) bond motifs is 1. The van der Waals surface area contributed by atoms with E-state index in [1.807, 2.05) is 20.8 Å². The van der Waals surface area contributed by atoms with Crippen LogP contribution in [0.1, 0.15) is 50.7 Å². The number of carbonyl (C=O) groups is 1. The van der Waals surface area contributed by atoms with E-state index in [4.69, 9.17) is 30.2 Å². The molecular formula is C30H37ClN2O6. The zero-order valence-corrected chi connectivity index (χ0v) is 24.5. The van der Waals surface area contributed by atoms with E-state index in [1.165, 1.54) is 12.0 Å². The monoisotopic (exact) mass is 556 g/mol. The van der Waals surface area contributed by atoms with Gasteiger partial charge >= 0.3 is 6.09 Å². The Balaban J connectivity index is 1.87. The number of likely N-dealkylation sites (tertiary alicyclic amines) is 1. The molecule has 0 aliphatic carbocycles. The van der Waals surface area contributed by atoms with E-state index in [2.05, 4.69) is 18.0 Å². The normalized spacial score (nSPS) is 14.9. The van der Waals surface area contributed by atoms with Gasteiger partial charge in [0, 0.05) is 19.2 Å². The van der Waals surface area contributed by atoms with Gasteiger partial charge in [-0.05, 0) is 101 Å². The van der Waals surface area contributed by atoms with E-state index in [9.17, 15) is 9.59 Å². The minimum absolute atomic E-state index is 0.0932. The second kappa shape index (κ2) is 11.5. The first-order valence-corrected chi connectivity index (χ1v) is 13.4. The molecule has 9 heteroatoms. The van der Waals surface area contributed by atoms with Crippen LogP contribution >= 0.6 is 11.6 Å². The van der Waals surface area contributed by atoms with Gasteiger partial charge in [-0.2, -0.15) is 0 Å². The number of halogens is 1. The van der Waals surface area contributed by atoms with Crippen molar-refractivity contribution in [2.75, 3.05) is 41.4 Å². The largest absolute Gasteiger partial charge is 0.495 e. The Morgan fingerprint density at radius 3 is 2.41 bits per heavy atom. The highest BCUT2D eigenvalue weighted by Crippen LogP contribution is 2.39. The van der Waals surface area contributed by atoms with Crippen LogP contribution in [0, 0.1) is 0 Å². The summed E-state index contributed by atoms with van der Waals surface area (Å²) in [6.45, 7) is 7.65. The first kappa shape index (κ1) is 28.8. The number of piperidine rings is 1. The van der Waals surface area contributed by atoms with Gasteiger partial charge in [-0.1, -0.05) is 11.6 Å². The maximum Gasteiger partial charge on any atom is 0.410 e. The Kier molecular flexibility index (Phi) is 8.47. The van der Waals surface area contributed by atoms with Crippen LogP contribution in [0.4, 0.5) is 4.79 Å². The molecule has 1 aromatic heterocycles. The summed E-state index contributed by atoms with van der Waals surface area (Å²) in [6.07, 6.45) is 1.42. The molecule has 1 fully saturated rings. The maximum atomic E-state index is 13.9. The van der Waals surface area contributed by atoms with Gasteiger partial charge in [0.2, 0.25) is 11.2 Å². The van der Waals surface area contributed by atoms with Gasteiger partial charge in [-0.25, -0.2) is 4.79 Å². The van der Waals surface area contributed by atoms with Crippen molar-refractivity contribution in [3.63, 3.8) is 0 Å². The molecule has 39 heavy (non-hydrogen) atoms. The SMILES string of the molecule is COc1ccc(-c2oc3c(C4CCN(C)CC4)cc(CN(C)C(=O)OC(C)(C)C)cc3c(=O)c2OC)cc1Cl. The van der Waals surface area contributed by atoms with Crippen molar-refractivity contribution in [2.45, 2.75) is 51.7 Å². The fourth-order valence-corrected chi connectivity index (χ4v) is 5.20. The standard InChI is InChI=1S/C30H37ClN2O6/c1-30(2,3)39-29(35)33(5)17-18-14-21(19-10-12-32(4)13-11-19)27-22(15-18)25(34)28(37-7)26(38-27)20-8-9-24(36-6)23(31)16-20/h8-9,14-16,19H,10-13,17H2,1-7H3. The van der Waals surface area contributed by atoms with Crippen molar-refractivity contribution in [1.82, 2.24) is 9.80 Å². The molecule has 3 aromatic rings. The van der Waals surface area contributed by atoms with Crippen LogP contribution in [-0.4, -0.2) is 62.9 Å². The lowest BCUT2D eigenvalue weighted by molar-refractivity contribution is 0.0285. The average Bonchev–Trinajstić information content (AvgIpc) is 2.88. The topological polar surface area (TPSA) is 81.5 Å². The molecule has 0 atom stereocenters. The first-order valence-electron chi connectivity index (χ1n) is 13.1. The van der Waals surface area contributed by atoms with E-state index in [0.29, 0.717) is 33.1 Å². The van der Waals surface area contributed by atoms with E-state index >= 15 is 0 Å². The molecule has 4 rings (SSSR count). The summed E-state index contributed by atoms with van der Waals surface area (Å²) in [5, 5.41) is 0.815. The van der Waals surface area contributed by atoms with Crippen molar-refractivity contribution in [1.29, 1.82) is 0 Å². The summed E-state index contributed by atoms with van der Waals surface area (Å²) < 4.78 is 22.9. The second-order valence-electron chi connectivity index (χ2n) is 11.1. The third-order valence-corrected chi connectivity index (χ3v) is 7.24. The minimum atomic E-state index is -0.608. The highest BCUT2D eigenvalue weighted by atomic mass is 35.5. The van der Waals surface area contributed by atoms with Gasteiger partial charge in [0.25, 0.3) is 0 Å². The molecule has 8 nitrogen and oxygen atoms in total. The summed E-state index contributed by atoms with van der Waals surface area (Å²) >= 11 is 6.40. The smallest absolute Gasteiger partial charge is 0.410 e. The molecule has 0 radical (unpaired) electrons. The van der Waals surface area contributed by atoms with E-state index in [1.54, 1.807) is 38.4 Å². The Bertz CT molecular complexity index is 1420. The van der Waals surface area contributed by atoms with Gasteiger partial charge in [0.15, 0.2) is 5.76 Å². The lowest BCUT2D eigenvalue weighted by Crippen LogP contribution is -2.34. The summed E-state index contributed by atoms with van der Waals surface area (Å²) in [5.74, 6) is 1.12. The second-order valence-corrected chi connectivity index (χ2v) is 11.5. The van der Waals surface area contributed by atoms with Crippen LogP contribution in [0.15, 0.2) is 39.5 Å². The molecule has 2 aromatic carbocycles. The molecular weight excluding hydrogens is 520 g/mol. The van der Waals surface area contributed by atoms with Crippen LogP contribution in [-0.2, 0) is 11.3 Å². The number of rotatable bonds is 6. The van der Waals surface area contributed by atoms with Crippen molar-refractivity contribution < 1.29 is 23.4 Å². The summed E-state index contributed by atoms with van der Waals surface area (Å²) in [5.41, 5.74) is 2.02. The molecule has 1 aliphatic rings. The molecule has 1 saturated heterocycles. The van der Waals surface area contributed by atoms with Crippen LogP contribution < -0.4 is 14.9 Å². The summed E-state index contributed by atoms with van der Waals surface area (Å²) in [6, 6.07) is 9.06. The molecule has 210 valence electrons. The molecule has 0 N–H and O–H groups in total. The predicted molar refractivity (Wildman–Crippen MR) is 153 cm³/mol. The van der Waals surface area contributed by atoms with E-state index < -0.39 is 11.7 Å². The number of carbonyl (C=O) groups excluding carboxylic acids is 1. The Hall–Kier alpha value is -3.23. The Morgan fingerprint density at radius 1 is 1.13 bits per heavy atom. The van der Waals surface area contributed by atoms with E-state index in [0.717, 1.165) is 37.1 Å². The fourth-order valence-electron chi connectivity index (χ4n) is 4.95. The number of ether oxygens (including phenoxy) is 3. The number of amides is 1. The summed E-state index contributed by atoms with van der Waals surface area (Å²) in [4.78, 5) is 30.3. The molecule has 0 unspecified atom stereocenters. The van der Waals surface area contributed by atoms with Gasteiger partial charge in [-0.15, -0.1) is 0 Å². The third-order valence-electron chi connectivity index (χ3n) is 6.94. The van der Waals surface area contributed by atoms with Gasteiger partial charge in [-0.3, -0.25) is 4.79 Å². The van der Waals surface area contributed by atoms with Crippen LogP contribution in [0.2, 0.25) is 5.02 Å². The number of hydrogen-bond acceptors (Lipinski definition) is 7. The molecule has 0 bridgehead atoms. The van der Waals surface area contributed by atoms with Crippen LogP contribution in [0.3, 0.4) is 0 Å². The third kappa shape index (κ3) is 6.34. The molecule has 1 aliphatic heterocycles.